The second-order valence-electron chi connectivity index (χ2n) is 13.4. The van der Waals surface area contributed by atoms with Crippen molar-refractivity contribution >= 4 is 15.3 Å². The zero-order valence-corrected chi connectivity index (χ0v) is 31.2. The number of hydrogen-bond donors (Lipinski definition) is 0. The van der Waals surface area contributed by atoms with E-state index >= 15 is 0 Å². The summed E-state index contributed by atoms with van der Waals surface area (Å²) in [4.78, 5) is 11.5. The molecule has 0 N–H and O–H groups in total. The highest BCUT2D eigenvalue weighted by Gasteiger charge is 2.49. The Kier molecular flexibility index (Phi) is 21.0. The van der Waals surface area contributed by atoms with Gasteiger partial charge in [0.15, 0.2) is 11.5 Å². The minimum atomic E-state index is -3.66. The summed E-state index contributed by atoms with van der Waals surface area (Å²) in [6.07, 6.45) is 16.8. The van der Waals surface area contributed by atoms with Crippen LogP contribution in [0.3, 0.4) is 0 Å². The fourth-order valence-electron chi connectivity index (χ4n) is 4.75. The molecule has 1 rings (SSSR count). The number of carbonyl (C=O) groups is 1. The fourth-order valence-corrected chi connectivity index (χ4v) is 6.72. The molecule has 45 heavy (non-hydrogen) atoms. The van der Waals surface area contributed by atoms with Gasteiger partial charge >= 0.3 is 9.05 Å². The first kappa shape index (κ1) is 40.8. The maximum atomic E-state index is 11.5. The van der Waals surface area contributed by atoms with Crippen molar-refractivity contribution in [3.05, 3.63) is 58.7 Å². The number of methoxy groups -OCH3 is 1. The zero-order chi connectivity index (χ0) is 33.7. The van der Waals surface area contributed by atoms with Gasteiger partial charge in [-0.1, -0.05) is 55.7 Å². The Labute approximate surface area is 277 Å². The van der Waals surface area contributed by atoms with Crippen LogP contribution in [0.15, 0.2) is 53.1 Å². The van der Waals surface area contributed by atoms with E-state index in [1.165, 1.54) is 16.7 Å². The second kappa shape index (κ2) is 23.2. The van der Waals surface area contributed by atoms with Crippen LogP contribution < -0.4 is 9.16 Å². The van der Waals surface area contributed by atoms with E-state index in [-0.39, 0.29) is 0 Å². The Balaban J connectivity index is 3.19. The number of allylic oxidation sites excluding steroid dienone is 6. The normalized spacial score (nSPS) is 14.4. The van der Waals surface area contributed by atoms with Gasteiger partial charge < -0.3 is 22.4 Å². The number of carbonyl (C=O) groups excluding carboxylic acids is 1. The molecule has 0 aliphatic carbocycles. The lowest BCUT2D eigenvalue weighted by Gasteiger charge is -2.30. The first-order chi connectivity index (χ1) is 21.4. The van der Waals surface area contributed by atoms with Crippen LogP contribution in [0, 0.1) is 17.8 Å². The van der Waals surface area contributed by atoms with E-state index in [2.05, 4.69) is 80.5 Å². The fraction of sp³-hybridized carbons (Fsp3) is 0.658. The van der Waals surface area contributed by atoms with Crippen molar-refractivity contribution in [2.75, 3.05) is 26.9 Å². The summed E-state index contributed by atoms with van der Waals surface area (Å²) < 4.78 is 32.0. The molecule has 1 aromatic rings. The quantitative estimate of drug-likeness (QED) is 0.0599. The van der Waals surface area contributed by atoms with Gasteiger partial charge in [0.05, 0.1) is 7.11 Å². The van der Waals surface area contributed by atoms with Gasteiger partial charge in [-0.15, -0.1) is 0 Å². The van der Waals surface area contributed by atoms with Crippen molar-refractivity contribution in [3.63, 3.8) is 0 Å². The SMILES string of the molecule is COc1cc(C=O)ccc1O[Si](OCCC(C)CCC=C(C)C)(OCCC(C)CCC=C(C)C)OCCC(C)CCC=C(C)C. The summed E-state index contributed by atoms with van der Waals surface area (Å²) in [5, 5.41) is 0. The second-order valence-corrected chi connectivity index (χ2v) is 15.5. The Morgan fingerprint density at radius 1 is 0.644 bits per heavy atom. The van der Waals surface area contributed by atoms with Gasteiger partial charge in [-0.25, -0.2) is 0 Å². The molecular formula is C38H64O6Si. The maximum absolute atomic E-state index is 11.5. The molecule has 0 aromatic heterocycles. The van der Waals surface area contributed by atoms with Gasteiger partial charge in [0, 0.05) is 25.4 Å². The Morgan fingerprint density at radius 3 is 1.38 bits per heavy atom. The minimum Gasteiger partial charge on any atom is -0.493 e. The maximum Gasteiger partial charge on any atom is 0.749 e. The Bertz CT molecular complexity index is 967. The van der Waals surface area contributed by atoms with E-state index in [0.717, 1.165) is 64.1 Å². The number of rotatable bonds is 25. The summed E-state index contributed by atoms with van der Waals surface area (Å²) in [5.74, 6) is 2.36. The van der Waals surface area contributed by atoms with E-state index in [0.29, 0.717) is 54.6 Å². The van der Waals surface area contributed by atoms with E-state index in [1.807, 2.05) is 0 Å². The molecule has 0 radical (unpaired) electrons. The average Bonchev–Trinajstić information content (AvgIpc) is 2.96. The van der Waals surface area contributed by atoms with Crippen LogP contribution >= 0.6 is 0 Å². The third-order valence-corrected chi connectivity index (χ3v) is 10.0. The molecule has 0 saturated heterocycles. The van der Waals surface area contributed by atoms with Gasteiger partial charge in [0.1, 0.15) is 6.29 Å². The smallest absolute Gasteiger partial charge is 0.493 e. The molecule has 256 valence electrons. The molecule has 0 spiro atoms. The largest absolute Gasteiger partial charge is 0.749 e. The Hall–Kier alpha value is -2.19. The van der Waals surface area contributed by atoms with Crippen molar-refractivity contribution < 1.29 is 27.2 Å². The van der Waals surface area contributed by atoms with Crippen molar-refractivity contribution in [2.45, 2.75) is 120 Å². The van der Waals surface area contributed by atoms with Gasteiger partial charge in [0.2, 0.25) is 0 Å². The van der Waals surface area contributed by atoms with Crippen LogP contribution in [0.1, 0.15) is 130 Å². The van der Waals surface area contributed by atoms with Crippen LogP contribution in [0.2, 0.25) is 0 Å². The Morgan fingerprint density at radius 2 is 1.04 bits per heavy atom. The molecule has 0 aliphatic rings. The molecule has 0 saturated carbocycles. The highest BCUT2D eigenvalue weighted by Crippen LogP contribution is 2.32. The van der Waals surface area contributed by atoms with E-state index in [4.69, 9.17) is 22.4 Å². The molecule has 7 heteroatoms. The molecule has 1 aromatic carbocycles. The number of benzene rings is 1. The molecule has 0 bridgehead atoms. The first-order valence-electron chi connectivity index (χ1n) is 17.0. The summed E-state index contributed by atoms with van der Waals surface area (Å²) in [6, 6.07) is 5.13. The van der Waals surface area contributed by atoms with Crippen molar-refractivity contribution in [3.8, 4) is 11.5 Å². The predicted molar refractivity (Wildman–Crippen MR) is 190 cm³/mol. The monoisotopic (exact) mass is 644 g/mol. The van der Waals surface area contributed by atoms with Crippen LogP contribution in [-0.2, 0) is 13.3 Å². The average molecular weight is 645 g/mol. The first-order valence-corrected chi connectivity index (χ1v) is 18.7. The molecule has 3 atom stereocenters. The van der Waals surface area contributed by atoms with Crippen LogP contribution in [0.5, 0.6) is 11.5 Å². The molecule has 0 fully saturated rings. The molecule has 0 aliphatic heterocycles. The summed E-state index contributed by atoms with van der Waals surface area (Å²) in [7, 11) is -2.10. The number of aldehydes is 1. The number of ether oxygens (including phenoxy) is 1. The molecule has 3 unspecified atom stereocenters. The minimum absolute atomic E-state index is 0.451. The lowest BCUT2D eigenvalue weighted by molar-refractivity contribution is -0.00772. The highest BCUT2D eigenvalue weighted by atomic mass is 28.4. The molecule has 6 nitrogen and oxygen atoms in total. The number of hydrogen-bond acceptors (Lipinski definition) is 6. The summed E-state index contributed by atoms with van der Waals surface area (Å²) in [6.45, 7) is 21.0. The third kappa shape index (κ3) is 19.2. The van der Waals surface area contributed by atoms with Crippen LogP contribution in [0.4, 0.5) is 0 Å². The predicted octanol–water partition coefficient (Wildman–Crippen LogP) is 10.7. The van der Waals surface area contributed by atoms with E-state index in [9.17, 15) is 4.79 Å². The van der Waals surface area contributed by atoms with E-state index < -0.39 is 9.05 Å². The van der Waals surface area contributed by atoms with Gasteiger partial charge in [-0.2, -0.15) is 0 Å². The summed E-state index contributed by atoms with van der Waals surface area (Å²) in [5.41, 5.74) is 4.55. The van der Waals surface area contributed by atoms with Gasteiger partial charge in [-0.3, -0.25) is 4.79 Å². The van der Waals surface area contributed by atoms with Crippen LogP contribution in [0.25, 0.3) is 0 Å². The van der Waals surface area contributed by atoms with Crippen molar-refractivity contribution in [2.24, 2.45) is 17.8 Å². The lowest BCUT2D eigenvalue weighted by Crippen LogP contribution is -2.53. The third-order valence-electron chi connectivity index (χ3n) is 7.86. The standard InChI is InChI=1S/C38H64O6Si/c1-30(2)14-11-17-33(7)22-25-41-45(42-26-23-34(8)18-12-15-31(3)4,43-27-24-35(9)19-13-16-32(5)6)44-37-21-20-36(29-39)28-38(37)40-10/h14-16,20-21,28-29,33-35H,11-13,17-19,22-27H2,1-10H3. The van der Waals surface area contributed by atoms with Crippen LogP contribution in [-0.4, -0.2) is 42.3 Å². The topological polar surface area (TPSA) is 63.2 Å². The highest BCUT2D eigenvalue weighted by molar-refractivity contribution is 6.54. The van der Waals surface area contributed by atoms with E-state index in [1.54, 1.807) is 25.3 Å². The zero-order valence-electron chi connectivity index (χ0n) is 30.2. The van der Waals surface area contributed by atoms with Crippen molar-refractivity contribution in [1.82, 2.24) is 0 Å². The molecule has 0 heterocycles. The molecular weight excluding hydrogens is 580 g/mol. The van der Waals surface area contributed by atoms with Gasteiger partial charge in [-0.05, 0) is 135 Å². The van der Waals surface area contributed by atoms with Gasteiger partial charge in [0.25, 0.3) is 0 Å². The summed E-state index contributed by atoms with van der Waals surface area (Å²) >= 11 is 0. The molecule has 0 amide bonds. The van der Waals surface area contributed by atoms with Crippen molar-refractivity contribution in [1.29, 1.82) is 0 Å². The lowest BCUT2D eigenvalue weighted by atomic mass is 10.0.